The second kappa shape index (κ2) is 8.00. The predicted octanol–water partition coefficient (Wildman–Crippen LogP) is 4.48. The van der Waals surface area contributed by atoms with Crippen LogP contribution >= 0.6 is 0 Å². The summed E-state index contributed by atoms with van der Waals surface area (Å²) in [6.07, 6.45) is 5.18. The van der Waals surface area contributed by atoms with Crippen molar-refractivity contribution in [2.45, 2.75) is 18.7 Å². The van der Waals surface area contributed by atoms with Crippen LogP contribution in [0.5, 0.6) is 11.6 Å². The molecule has 0 radical (unpaired) electrons. The minimum Gasteiger partial charge on any atom is -0.439 e. The smallest absolute Gasteiger partial charge is 0.262 e. The number of sulfonamides is 1. The zero-order valence-corrected chi connectivity index (χ0v) is 17.3. The Morgan fingerprint density at radius 3 is 2.40 bits per heavy atom. The Labute approximate surface area is 175 Å². The maximum absolute atomic E-state index is 12.7. The van der Waals surface area contributed by atoms with Crippen LogP contribution in [0.1, 0.15) is 11.1 Å². The molecule has 0 unspecified atom stereocenters. The standard InChI is InChI=1S/C22H20N4O3S/c1-16-5-6-17(2)20(13-16)30(27,28)25-18-7-9-19(10-8-18)29-22-14-21(23-15-24-22)26-11-3-4-12-26/h3-15,25H,1-2H3. The maximum Gasteiger partial charge on any atom is 0.262 e. The van der Waals surface area contributed by atoms with Gasteiger partial charge in [0.05, 0.1) is 4.90 Å². The molecule has 0 aliphatic rings. The first kappa shape index (κ1) is 19.7. The highest BCUT2D eigenvalue weighted by Gasteiger charge is 2.17. The lowest BCUT2D eigenvalue weighted by molar-refractivity contribution is 0.461. The number of hydrogen-bond acceptors (Lipinski definition) is 5. The van der Waals surface area contributed by atoms with Gasteiger partial charge in [-0.25, -0.2) is 18.4 Å². The molecule has 0 amide bonds. The lowest BCUT2D eigenvalue weighted by atomic mass is 10.2. The zero-order chi connectivity index (χ0) is 21.1. The van der Waals surface area contributed by atoms with Gasteiger partial charge in [-0.3, -0.25) is 4.72 Å². The largest absolute Gasteiger partial charge is 0.439 e. The second-order valence-corrected chi connectivity index (χ2v) is 8.46. The van der Waals surface area contributed by atoms with E-state index in [1.807, 2.05) is 42.1 Å². The van der Waals surface area contributed by atoms with Gasteiger partial charge in [0.15, 0.2) is 0 Å². The molecular formula is C22H20N4O3S. The lowest BCUT2D eigenvalue weighted by Gasteiger charge is -2.12. The van der Waals surface area contributed by atoms with Gasteiger partial charge in [-0.2, -0.15) is 0 Å². The second-order valence-electron chi connectivity index (χ2n) is 6.81. The summed E-state index contributed by atoms with van der Waals surface area (Å²) in [6, 6.07) is 17.5. The van der Waals surface area contributed by atoms with Gasteiger partial charge in [-0.1, -0.05) is 12.1 Å². The van der Waals surface area contributed by atoms with E-state index in [1.165, 1.54) is 6.33 Å². The van der Waals surface area contributed by atoms with E-state index in [9.17, 15) is 8.42 Å². The molecule has 0 saturated carbocycles. The van der Waals surface area contributed by atoms with Crippen LogP contribution in [0.4, 0.5) is 5.69 Å². The Hall–Kier alpha value is -3.65. The average Bonchev–Trinajstić information content (AvgIpc) is 3.26. The normalized spacial score (nSPS) is 11.3. The molecule has 4 rings (SSSR count). The molecule has 30 heavy (non-hydrogen) atoms. The highest BCUT2D eigenvalue weighted by molar-refractivity contribution is 7.92. The summed E-state index contributed by atoms with van der Waals surface area (Å²) in [4.78, 5) is 8.61. The number of benzene rings is 2. The highest BCUT2D eigenvalue weighted by atomic mass is 32.2. The van der Waals surface area contributed by atoms with Crippen LogP contribution in [0.2, 0.25) is 0 Å². The Kier molecular flexibility index (Phi) is 5.24. The van der Waals surface area contributed by atoms with E-state index in [0.717, 1.165) is 5.56 Å². The minimum absolute atomic E-state index is 0.265. The minimum atomic E-state index is -3.68. The molecule has 0 bridgehead atoms. The molecule has 4 aromatic rings. The van der Waals surface area contributed by atoms with Crippen LogP contribution in [0.15, 0.2) is 84.3 Å². The number of aryl methyl sites for hydroxylation is 2. The lowest BCUT2D eigenvalue weighted by Crippen LogP contribution is -2.14. The van der Waals surface area contributed by atoms with Crippen molar-refractivity contribution in [1.29, 1.82) is 0 Å². The summed E-state index contributed by atoms with van der Waals surface area (Å²) in [7, 11) is -3.68. The quantitative estimate of drug-likeness (QED) is 0.497. The molecule has 0 aliphatic heterocycles. The molecular weight excluding hydrogens is 400 g/mol. The number of hydrogen-bond donors (Lipinski definition) is 1. The van der Waals surface area contributed by atoms with E-state index in [-0.39, 0.29) is 4.90 Å². The van der Waals surface area contributed by atoms with Crippen molar-refractivity contribution in [3.8, 4) is 17.4 Å². The molecule has 152 valence electrons. The third kappa shape index (κ3) is 4.33. The van der Waals surface area contributed by atoms with Gasteiger partial charge in [0, 0.05) is 24.1 Å². The summed E-state index contributed by atoms with van der Waals surface area (Å²) in [6.45, 7) is 3.63. The van der Waals surface area contributed by atoms with Crippen LogP contribution in [0.25, 0.3) is 5.82 Å². The van der Waals surface area contributed by atoms with Gasteiger partial charge in [0.25, 0.3) is 10.0 Å². The van der Waals surface area contributed by atoms with Gasteiger partial charge < -0.3 is 9.30 Å². The summed E-state index contributed by atoms with van der Waals surface area (Å²) < 4.78 is 35.7. The van der Waals surface area contributed by atoms with E-state index in [0.29, 0.717) is 28.7 Å². The number of rotatable bonds is 6. The van der Waals surface area contributed by atoms with E-state index >= 15 is 0 Å². The number of anilines is 1. The Morgan fingerprint density at radius 2 is 1.67 bits per heavy atom. The first-order valence-electron chi connectivity index (χ1n) is 9.24. The van der Waals surface area contributed by atoms with E-state index in [2.05, 4.69) is 14.7 Å². The number of nitrogens with zero attached hydrogens (tertiary/aromatic N) is 3. The molecule has 2 aromatic carbocycles. The monoisotopic (exact) mass is 420 g/mol. The third-order valence-electron chi connectivity index (χ3n) is 4.46. The van der Waals surface area contributed by atoms with Crippen molar-refractivity contribution in [1.82, 2.24) is 14.5 Å². The summed E-state index contributed by atoms with van der Waals surface area (Å²) in [5.41, 5.74) is 2.02. The Balaban J connectivity index is 1.50. The molecule has 0 aliphatic carbocycles. The van der Waals surface area contributed by atoms with Gasteiger partial charge >= 0.3 is 0 Å². The van der Waals surface area contributed by atoms with Gasteiger partial charge in [0.2, 0.25) is 5.88 Å². The van der Waals surface area contributed by atoms with Crippen molar-refractivity contribution in [3.05, 3.63) is 90.5 Å². The summed E-state index contributed by atoms with van der Waals surface area (Å²) in [5, 5.41) is 0. The van der Waals surface area contributed by atoms with Crippen LogP contribution in [-0.2, 0) is 10.0 Å². The number of ether oxygens (including phenoxy) is 1. The van der Waals surface area contributed by atoms with Crippen molar-refractivity contribution in [2.24, 2.45) is 0 Å². The van der Waals surface area contributed by atoms with Crippen LogP contribution in [0, 0.1) is 13.8 Å². The van der Waals surface area contributed by atoms with Crippen LogP contribution < -0.4 is 9.46 Å². The van der Waals surface area contributed by atoms with Gasteiger partial charge in [0.1, 0.15) is 17.9 Å². The molecule has 0 saturated heterocycles. The zero-order valence-electron chi connectivity index (χ0n) is 16.5. The van der Waals surface area contributed by atoms with Crippen molar-refractivity contribution in [2.75, 3.05) is 4.72 Å². The molecule has 1 N–H and O–H groups in total. The van der Waals surface area contributed by atoms with Gasteiger partial charge in [-0.05, 0) is 67.4 Å². The number of nitrogens with one attached hydrogen (secondary N) is 1. The first-order chi connectivity index (χ1) is 14.4. The van der Waals surface area contributed by atoms with Crippen LogP contribution in [-0.4, -0.2) is 23.0 Å². The van der Waals surface area contributed by atoms with E-state index in [1.54, 1.807) is 49.4 Å². The Bertz CT molecular complexity index is 1270. The Morgan fingerprint density at radius 1 is 0.933 bits per heavy atom. The van der Waals surface area contributed by atoms with Crippen molar-refractivity contribution in [3.63, 3.8) is 0 Å². The van der Waals surface area contributed by atoms with Gasteiger partial charge in [-0.15, -0.1) is 0 Å². The molecule has 2 heterocycles. The summed E-state index contributed by atoms with van der Waals surface area (Å²) >= 11 is 0. The van der Waals surface area contributed by atoms with Crippen molar-refractivity contribution < 1.29 is 13.2 Å². The maximum atomic E-state index is 12.7. The fraction of sp³-hybridized carbons (Fsp3) is 0.0909. The fourth-order valence-corrected chi connectivity index (χ4v) is 4.32. The first-order valence-corrected chi connectivity index (χ1v) is 10.7. The molecule has 0 atom stereocenters. The predicted molar refractivity (Wildman–Crippen MR) is 115 cm³/mol. The van der Waals surface area contributed by atoms with E-state index < -0.39 is 10.0 Å². The molecule has 2 aromatic heterocycles. The van der Waals surface area contributed by atoms with Crippen LogP contribution in [0.3, 0.4) is 0 Å². The SMILES string of the molecule is Cc1ccc(C)c(S(=O)(=O)Nc2ccc(Oc3cc(-n4cccc4)ncn3)cc2)c1. The average molecular weight is 420 g/mol. The molecule has 8 heteroatoms. The molecule has 7 nitrogen and oxygen atoms in total. The third-order valence-corrected chi connectivity index (χ3v) is 5.98. The topological polar surface area (TPSA) is 86.1 Å². The number of aromatic nitrogens is 3. The molecule has 0 fully saturated rings. The summed E-state index contributed by atoms with van der Waals surface area (Å²) in [5.74, 6) is 1.60. The van der Waals surface area contributed by atoms with Crippen molar-refractivity contribution >= 4 is 15.7 Å². The highest BCUT2D eigenvalue weighted by Crippen LogP contribution is 2.25. The van der Waals surface area contributed by atoms with E-state index in [4.69, 9.17) is 4.74 Å². The fourth-order valence-electron chi connectivity index (χ4n) is 2.93. The molecule has 0 spiro atoms.